The van der Waals surface area contributed by atoms with Gasteiger partial charge in [-0.2, -0.15) is 0 Å². The molecule has 0 radical (unpaired) electrons. The molecule has 8 nitrogen and oxygen atoms in total. The van der Waals surface area contributed by atoms with Crippen molar-refractivity contribution in [2.24, 2.45) is 23.5 Å². The first-order valence-corrected chi connectivity index (χ1v) is 13.0. The summed E-state index contributed by atoms with van der Waals surface area (Å²) >= 11 is 0. The Labute approximate surface area is 200 Å². The van der Waals surface area contributed by atoms with Crippen LogP contribution in [0.2, 0.25) is 0 Å². The Balaban J connectivity index is 2.72. The summed E-state index contributed by atoms with van der Waals surface area (Å²) in [5.41, 5.74) is 5.62. The molecule has 2 amide bonds. The molecule has 0 aromatic heterocycles. The summed E-state index contributed by atoms with van der Waals surface area (Å²) in [7, 11) is 0. The van der Waals surface area contributed by atoms with Crippen LogP contribution in [0, 0.1) is 17.8 Å². The van der Waals surface area contributed by atoms with Gasteiger partial charge in [0.15, 0.2) is 5.78 Å². The molecule has 0 aromatic carbocycles. The van der Waals surface area contributed by atoms with Crippen LogP contribution in [0.15, 0.2) is 0 Å². The quantitative estimate of drug-likeness (QED) is 0.220. The Bertz CT molecular complexity index is 597. The lowest BCUT2D eigenvalue weighted by Crippen LogP contribution is -2.58. The first-order valence-electron chi connectivity index (χ1n) is 13.0. The third-order valence-electron chi connectivity index (χ3n) is 6.64. The van der Waals surface area contributed by atoms with Crippen LogP contribution in [-0.4, -0.2) is 60.5 Å². The minimum absolute atomic E-state index is 0.111. The van der Waals surface area contributed by atoms with Crippen molar-refractivity contribution in [3.8, 4) is 0 Å². The van der Waals surface area contributed by atoms with Gasteiger partial charge < -0.3 is 26.8 Å². The van der Waals surface area contributed by atoms with Gasteiger partial charge in [-0.05, 0) is 45.2 Å². The molecule has 4 unspecified atom stereocenters. The van der Waals surface area contributed by atoms with Gasteiger partial charge in [0.2, 0.25) is 11.8 Å². The number of hydrogen-bond donors (Lipinski definition) is 5. The minimum atomic E-state index is -1.12. The predicted molar refractivity (Wildman–Crippen MR) is 132 cm³/mol. The van der Waals surface area contributed by atoms with Gasteiger partial charge in [-0.3, -0.25) is 14.4 Å². The largest absolute Gasteiger partial charge is 0.391 e. The third-order valence-corrected chi connectivity index (χ3v) is 6.64. The summed E-state index contributed by atoms with van der Waals surface area (Å²) in [6.45, 7) is 8.94. The topological polar surface area (TPSA) is 134 Å². The number of aliphatic hydroxyl groups is 1. The van der Waals surface area contributed by atoms with Gasteiger partial charge in [0.25, 0.3) is 0 Å². The number of nitrogens with two attached hydrogens (primary N) is 1. The Morgan fingerprint density at radius 2 is 1.73 bits per heavy atom. The van der Waals surface area contributed by atoms with Gasteiger partial charge in [-0.1, -0.05) is 59.3 Å². The predicted octanol–water partition coefficient (Wildman–Crippen LogP) is 1.89. The second-order valence-corrected chi connectivity index (χ2v) is 9.84. The normalized spacial score (nSPS) is 21.3. The average molecular weight is 469 g/mol. The van der Waals surface area contributed by atoms with Crippen molar-refractivity contribution in [2.75, 3.05) is 19.6 Å². The van der Waals surface area contributed by atoms with Gasteiger partial charge in [0, 0.05) is 12.5 Å². The van der Waals surface area contributed by atoms with Crippen LogP contribution in [0.5, 0.6) is 0 Å². The number of carbonyl (C=O) groups excluding carboxylic acids is 3. The maximum absolute atomic E-state index is 13.1. The molecule has 0 aromatic rings. The lowest BCUT2D eigenvalue weighted by Gasteiger charge is -2.33. The lowest BCUT2D eigenvalue weighted by atomic mass is 9.81. The molecule has 0 saturated carbocycles. The Kier molecular flexibility index (Phi) is 14.5. The number of Topliss-reactive ketones (excluding diaryl/α,β-unsaturated/α-hetero) is 1. The molecule has 1 heterocycles. The van der Waals surface area contributed by atoms with E-state index in [4.69, 9.17) is 5.73 Å². The zero-order valence-electron chi connectivity index (χ0n) is 21.2. The molecule has 1 rings (SSSR count). The van der Waals surface area contributed by atoms with E-state index in [1.807, 2.05) is 0 Å². The molecule has 8 heteroatoms. The number of carbonyl (C=O) groups is 3. The smallest absolute Gasteiger partial charge is 0.245 e. The fourth-order valence-corrected chi connectivity index (χ4v) is 4.53. The third kappa shape index (κ3) is 10.5. The second-order valence-electron chi connectivity index (χ2n) is 9.84. The molecule has 1 aliphatic heterocycles. The van der Waals surface area contributed by atoms with Gasteiger partial charge >= 0.3 is 0 Å². The van der Waals surface area contributed by atoms with E-state index in [-0.39, 0.29) is 36.0 Å². The number of unbranched alkanes of at least 4 members (excludes halogenated alkanes) is 5. The standard InChI is InChI=1S/C25H48N4O4/c1-5-6-7-8-9-10-11-19-13-15-27-16-20(19)24(32)29-22(18(4)30)25(33)28-21(12-14-26)23(31)17(2)3/h17-22,27,30H,5-16,26H2,1-4H3,(H,28,33)(H,29,32)/t18?,19?,20?,21?,22-/m0/s1. The first-order chi connectivity index (χ1) is 15.7. The number of piperidine rings is 1. The summed E-state index contributed by atoms with van der Waals surface area (Å²) in [6.07, 6.45) is 8.45. The minimum Gasteiger partial charge on any atom is -0.391 e. The van der Waals surface area contributed by atoms with Crippen LogP contribution >= 0.6 is 0 Å². The molecule has 0 bridgehead atoms. The zero-order chi connectivity index (χ0) is 24.8. The summed E-state index contributed by atoms with van der Waals surface area (Å²) in [5, 5.41) is 19.0. The van der Waals surface area contributed by atoms with Crippen molar-refractivity contribution in [2.45, 2.75) is 104 Å². The van der Waals surface area contributed by atoms with Crippen LogP contribution in [0.3, 0.4) is 0 Å². The van der Waals surface area contributed by atoms with Crippen LogP contribution in [0.25, 0.3) is 0 Å². The Morgan fingerprint density at radius 3 is 2.33 bits per heavy atom. The molecule has 1 fully saturated rings. The average Bonchev–Trinajstić information content (AvgIpc) is 2.78. The first kappa shape index (κ1) is 29.5. The Hall–Kier alpha value is -1.51. The van der Waals surface area contributed by atoms with Gasteiger partial charge in [0.05, 0.1) is 18.1 Å². The molecule has 0 spiro atoms. The van der Waals surface area contributed by atoms with Crippen molar-refractivity contribution in [1.82, 2.24) is 16.0 Å². The van der Waals surface area contributed by atoms with Gasteiger partial charge in [0.1, 0.15) is 6.04 Å². The summed E-state index contributed by atoms with van der Waals surface area (Å²) < 4.78 is 0. The number of aliphatic hydroxyl groups excluding tert-OH is 1. The highest BCUT2D eigenvalue weighted by Gasteiger charge is 2.35. The SMILES string of the molecule is CCCCCCCCC1CCNCC1C(=O)N[C@H](C(=O)NC(CCN)C(=O)C(C)C)C(C)O. The summed E-state index contributed by atoms with van der Waals surface area (Å²) in [6, 6.07) is -1.84. The van der Waals surface area contributed by atoms with Crippen LogP contribution in [0.4, 0.5) is 0 Å². The van der Waals surface area contributed by atoms with E-state index in [9.17, 15) is 19.5 Å². The van der Waals surface area contributed by atoms with Crippen molar-refractivity contribution in [3.63, 3.8) is 0 Å². The molecule has 5 atom stereocenters. The van der Waals surface area contributed by atoms with Crippen LogP contribution in [-0.2, 0) is 14.4 Å². The molecule has 1 saturated heterocycles. The maximum Gasteiger partial charge on any atom is 0.245 e. The summed E-state index contributed by atoms with van der Waals surface area (Å²) in [5.74, 6) is -1.10. The number of nitrogens with one attached hydrogen (secondary N) is 3. The van der Waals surface area contributed by atoms with E-state index in [0.29, 0.717) is 13.0 Å². The Morgan fingerprint density at radius 1 is 1.06 bits per heavy atom. The van der Waals surface area contributed by atoms with E-state index >= 15 is 0 Å². The highest BCUT2D eigenvalue weighted by molar-refractivity contribution is 5.94. The number of hydrogen-bond acceptors (Lipinski definition) is 6. The van der Waals surface area contributed by atoms with E-state index in [2.05, 4.69) is 22.9 Å². The fourth-order valence-electron chi connectivity index (χ4n) is 4.53. The van der Waals surface area contributed by atoms with Crippen molar-refractivity contribution in [1.29, 1.82) is 0 Å². The highest BCUT2D eigenvalue weighted by Crippen LogP contribution is 2.26. The lowest BCUT2D eigenvalue weighted by molar-refractivity contribution is -0.136. The van der Waals surface area contributed by atoms with E-state index in [1.165, 1.54) is 39.0 Å². The molecular formula is C25H48N4O4. The van der Waals surface area contributed by atoms with E-state index in [0.717, 1.165) is 25.8 Å². The molecule has 33 heavy (non-hydrogen) atoms. The maximum atomic E-state index is 13.1. The monoisotopic (exact) mass is 468 g/mol. The summed E-state index contributed by atoms with van der Waals surface area (Å²) in [4.78, 5) is 38.5. The van der Waals surface area contributed by atoms with Gasteiger partial charge in [-0.15, -0.1) is 0 Å². The second kappa shape index (κ2) is 16.2. The molecule has 1 aliphatic rings. The number of rotatable bonds is 16. The molecule has 192 valence electrons. The number of amides is 2. The zero-order valence-corrected chi connectivity index (χ0v) is 21.2. The molecule has 0 aliphatic carbocycles. The number of ketones is 1. The van der Waals surface area contributed by atoms with Gasteiger partial charge in [-0.25, -0.2) is 0 Å². The highest BCUT2D eigenvalue weighted by atomic mass is 16.3. The van der Waals surface area contributed by atoms with Crippen LogP contribution < -0.4 is 21.7 Å². The molecular weight excluding hydrogens is 420 g/mol. The van der Waals surface area contributed by atoms with Crippen LogP contribution in [0.1, 0.15) is 85.5 Å². The van der Waals surface area contributed by atoms with Crippen molar-refractivity contribution < 1.29 is 19.5 Å². The fraction of sp³-hybridized carbons (Fsp3) is 0.880. The van der Waals surface area contributed by atoms with E-state index in [1.54, 1.807) is 13.8 Å². The van der Waals surface area contributed by atoms with Crippen molar-refractivity contribution >= 4 is 17.6 Å². The van der Waals surface area contributed by atoms with Crippen molar-refractivity contribution in [3.05, 3.63) is 0 Å². The van der Waals surface area contributed by atoms with E-state index < -0.39 is 24.1 Å². The molecule has 6 N–H and O–H groups in total.